The first kappa shape index (κ1) is 57.3. The average Bonchev–Trinajstić information content (AvgIpc) is 3.62. The summed E-state index contributed by atoms with van der Waals surface area (Å²) in [7, 11) is 4.00. The van der Waals surface area contributed by atoms with Crippen molar-refractivity contribution in [3.8, 4) is 0 Å². The highest BCUT2D eigenvalue weighted by Gasteiger charge is 2.36. The van der Waals surface area contributed by atoms with Crippen LogP contribution in [-0.2, 0) is 61.3 Å². The van der Waals surface area contributed by atoms with E-state index in [-0.39, 0.29) is 51.0 Å². The Hall–Kier alpha value is -2.70. The van der Waals surface area contributed by atoms with Gasteiger partial charge in [0, 0.05) is 39.3 Å². The maximum atomic E-state index is 13.1. The molecule has 0 saturated carbocycles. The van der Waals surface area contributed by atoms with Crippen LogP contribution in [0.4, 0.5) is 0 Å². The first-order valence-electron chi connectivity index (χ1n) is 22.8. The third-order valence-electron chi connectivity index (χ3n) is 10.4. The van der Waals surface area contributed by atoms with E-state index in [0.29, 0.717) is 49.7 Å². The second-order valence-corrected chi connectivity index (χ2v) is 18.6. The minimum Gasteiger partial charge on any atom is -0.467 e. The van der Waals surface area contributed by atoms with Gasteiger partial charge < -0.3 is 49.0 Å². The number of nitrogens with one attached hydrogen (secondary N) is 3. The molecule has 0 aromatic carbocycles. The average molecular weight is 910 g/mol. The number of ether oxygens (including phenoxy) is 5. The number of unbranched alkanes of at least 4 members (excludes halogenated alkanes) is 13. The van der Waals surface area contributed by atoms with Crippen molar-refractivity contribution in [3.63, 3.8) is 0 Å². The van der Waals surface area contributed by atoms with Crippen molar-refractivity contribution in [2.45, 2.75) is 173 Å². The van der Waals surface area contributed by atoms with Crippen LogP contribution in [0.5, 0.6) is 0 Å². The molecule has 0 aromatic heterocycles. The molecule has 18 nitrogen and oxygen atoms in total. The molecule has 62 heavy (non-hydrogen) atoms. The molecule has 4 N–H and O–H groups in total. The molecule has 362 valence electrons. The van der Waals surface area contributed by atoms with E-state index in [4.69, 9.17) is 32.7 Å². The largest absolute Gasteiger partial charge is 0.472 e. The summed E-state index contributed by atoms with van der Waals surface area (Å²) in [6.07, 6.45) is 15.8. The zero-order valence-electron chi connectivity index (χ0n) is 38.9. The van der Waals surface area contributed by atoms with Crippen LogP contribution in [0.1, 0.15) is 142 Å². The van der Waals surface area contributed by atoms with Crippen LogP contribution >= 0.6 is 7.82 Å². The third-order valence-corrected chi connectivity index (χ3v) is 11.4. The number of phosphoric ester groups is 1. The Morgan fingerprint density at radius 3 is 2.03 bits per heavy atom. The van der Waals surface area contributed by atoms with E-state index in [1.165, 1.54) is 78.9 Å². The number of amides is 2. The molecule has 19 heteroatoms. The van der Waals surface area contributed by atoms with Gasteiger partial charge in [0.2, 0.25) is 11.8 Å². The Morgan fingerprint density at radius 2 is 1.45 bits per heavy atom. The summed E-state index contributed by atoms with van der Waals surface area (Å²) in [4.78, 5) is 71.6. The second-order valence-electron chi connectivity index (χ2n) is 17.1. The molecule has 0 aromatic rings. The normalized spacial score (nSPS) is 18.4. The van der Waals surface area contributed by atoms with Gasteiger partial charge in [-0.25, -0.2) is 9.36 Å². The number of hydrogen-bond acceptors (Lipinski definition) is 14. The summed E-state index contributed by atoms with van der Waals surface area (Å²) in [5.41, 5.74) is 0. The van der Waals surface area contributed by atoms with Gasteiger partial charge in [-0.15, -0.1) is 0 Å². The Bertz CT molecular complexity index is 1320. The lowest BCUT2D eigenvalue weighted by molar-refractivity contribution is -0.870. The van der Waals surface area contributed by atoms with Crippen molar-refractivity contribution in [3.05, 3.63) is 0 Å². The van der Waals surface area contributed by atoms with Gasteiger partial charge >= 0.3 is 25.7 Å². The van der Waals surface area contributed by atoms with Crippen LogP contribution in [0.15, 0.2) is 0 Å². The zero-order chi connectivity index (χ0) is 46.2. The lowest BCUT2D eigenvalue weighted by atomic mass is 10.0. The van der Waals surface area contributed by atoms with E-state index < -0.39 is 62.8 Å². The van der Waals surface area contributed by atoms with Crippen molar-refractivity contribution in [1.82, 2.24) is 16.0 Å². The molecule has 0 aliphatic carbocycles. The van der Waals surface area contributed by atoms with Crippen LogP contribution in [0.25, 0.3) is 0 Å². The quantitative estimate of drug-likeness (QED) is 0.0205. The Morgan fingerprint density at radius 1 is 0.823 bits per heavy atom. The van der Waals surface area contributed by atoms with Gasteiger partial charge in [-0.2, -0.15) is 0 Å². The zero-order valence-corrected chi connectivity index (χ0v) is 39.8. The highest BCUT2D eigenvalue weighted by atomic mass is 31.2. The fraction of sp³-hybridized carbons (Fsp3) is 0.884. The predicted octanol–water partition coefficient (Wildman–Crippen LogP) is 5.23. The molecule has 1 fully saturated rings. The van der Waals surface area contributed by atoms with Gasteiger partial charge in [0.1, 0.15) is 25.8 Å². The minimum absolute atomic E-state index is 0.0395. The molecule has 1 aliphatic rings. The van der Waals surface area contributed by atoms with Crippen LogP contribution in [0, 0.1) is 0 Å². The molecule has 1 rings (SSSR count). The number of rotatable bonds is 38. The lowest BCUT2D eigenvalue weighted by Crippen LogP contribution is -2.45. The maximum absolute atomic E-state index is 13.1. The summed E-state index contributed by atoms with van der Waals surface area (Å²) in [5.74, 6) is -2.54. The van der Waals surface area contributed by atoms with Crippen molar-refractivity contribution in [2.75, 3.05) is 74.8 Å². The monoisotopic (exact) mass is 910 g/mol. The molecule has 1 heterocycles. The number of esters is 3. The summed E-state index contributed by atoms with van der Waals surface area (Å²) in [6.45, 7) is 3.34. The standard InChI is InChI=1S/C43H81N4O14P/c1-8-9-10-11-12-13-14-15-16-17-18-19-20-24-40(50)57-32-35(33-59-62(53,54)58-29-28-47(3,4)5)60-41(51)26-25-38-37(30-42(55-6)61-38)44-27-22-21-23-36(43(52)56-7)46-39(49)31-45-34(2)48/h35-38,42,44H,8-33H2,1-7H3,(H2-,45,46,48,49,53,54)/p+1/t35?,36-,37?,38?,42?/m0/s1. The van der Waals surface area contributed by atoms with Crippen molar-refractivity contribution < 1.29 is 70.6 Å². The number of likely N-dealkylation sites (N-methyl/N-ethyl adjacent to an activating group) is 1. The van der Waals surface area contributed by atoms with Crippen molar-refractivity contribution in [1.29, 1.82) is 0 Å². The van der Waals surface area contributed by atoms with Gasteiger partial charge in [0.25, 0.3) is 0 Å². The number of carbonyl (C=O) groups is 5. The topological polar surface area (TPSA) is 223 Å². The van der Waals surface area contributed by atoms with Crippen LogP contribution in [0.2, 0.25) is 0 Å². The molecule has 2 amide bonds. The molecule has 0 radical (unpaired) electrons. The number of methoxy groups -OCH3 is 2. The summed E-state index contributed by atoms with van der Waals surface area (Å²) in [5, 5.41) is 8.41. The maximum Gasteiger partial charge on any atom is 0.472 e. The van der Waals surface area contributed by atoms with Crippen molar-refractivity contribution in [2.24, 2.45) is 0 Å². The lowest BCUT2D eigenvalue weighted by Gasteiger charge is -2.24. The molecule has 0 bridgehead atoms. The minimum atomic E-state index is -4.50. The van der Waals surface area contributed by atoms with Gasteiger partial charge in [-0.1, -0.05) is 84.0 Å². The third kappa shape index (κ3) is 30.4. The molecule has 6 atom stereocenters. The van der Waals surface area contributed by atoms with Crippen molar-refractivity contribution >= 4 is 37.5 Å². The number of quaternary nitrogens is 1. The highest BCUT2D eigenvalue weighted by Crippen LogP contribution is 2.43. The Kier molecular flexibility index (Phi) is 31.2. The SMILES string of the molecule is CCCCCCCCCCCCCCCC(=O)OCC(COP(=O)(O)OCC[N+](C)(C)C)OC(=O)CCC1OC(OC)CC1NCCCC[C@H](NC(=O)CNC(C)=O)C(=O)OC. The highest BCUT2D eigenvalue weighted by molar-refractivity contribution is 7.47. The van der Waals surface area contributed by atoms with E-state index in [0.717, 1.165) is 19.3 Å². The smallest absolute Gasteiger partial charge is 0.467 e. The van der Waals surface area contributed by atoms with Crippen LogP contribution in [0.3, 0.4) is 0 Å². The van der Waals surface area contributed by atoms with E-state index >= 15 is 0 Å². The van der Waals surface area contributed by atoms with E-state index in [1.54, 1.807) is 0 Å². The second kappa shape index (κ2) is 33.8. The number of carbonyl (C=O) groups excluding carboxylic acids is 5. The number of phosphoric acid groups is 1. The van der Waals surface area contributed by atoms with Gasteiger partial charge in [-0.05, 0) is 38.6 Å². The Labute approximate surface area is 371 Å². The number of hydrogen-bond donors (Lipinski definition) is 4. The number of nitrogens with zero attached hydrogens (tertiary/aromatic N) is 1. The summed E-state index contributed by atoms with van der Waals surface area (Å²) in [6, 6.07) is -1.03. The van der Waals surface area contributed by atoms with E-state index in [1.807, 2.05) is 21.1 Å². The fourth-order valence-electron chi connectivity index (χ4n) is 6.75. The fourth-order valence-corrected chi connectivity index (χ4v) is 7.49. The van der Waals surface area contributed by atoms with Gasteiger partial charge in [-0.3, -0.25) is 28.2 Å². The van der Waals surface area contributed by atoms with Crippen LogP contribution < -0.4 is 16.0 Å². The van der Waals surface area contributed by atoms with Gasteiger partial charge in [0.15, 0.2) is 12.4 Å². The van der Waals surface area contributed by atoms with E-state index in [9.17, 15) is 33.4 Å². The molecular formula is C43H82N4O14P+. The van der Waals surface area contributed by atoms with E-state index in [2.05, 4.69) is 22.9 Å². The molecule has 1 saturated heterocycles. The summed E-state index contributed by atoms with van der Waals surface area (Å²) < 4.78 is 50.8. The molecule has 0 spiro atoms. The first-order chi connectivity index (χ1) is 29.5. The predicted molar refractivity (Wildman–Crippen MR) is 234 cm³/mol. The van der Waals surface area contributed by atoms with Crippen LogP contribution in [-0.4, -0.2) is 144 Å². The molecule has 1 aliphatic heterocycles. The molecule has 5 unspecified atom stereocenters. The first-order valence-corrected chi connectivity index (χ1v) is 24.3. The molecular weight excluding hydrogens is 827 g/mol. The summed E-state index contributed by atoms with van der Waals surface area (Å²) >= 11 is 0. The van der Waals surface area contributed by atoms with Gasteiger partial charge in [0.05, 0.1) is 47.5 Å². The Balaban J connectivity index is 2.64.